The van der Waals surface area contributed by atoms with Gasteiger partial charge in [-0.15, -0.1) is 0 Å². The summed E-state index contributed by atoms with van der Waals surface area (Å²) in [6.07, 6.45) is 2.48. The zero-order chi connectivity index (χ0) is 13.8. The van der Waals surface area contributed by atoms with Crippen LogP contribution in [0.3, 0.4) is 0 Å². The zero-order valence-electron chi connectivity index (χ0n) is 10.9. The molecule has 0 bridgehead atoms. The average molecular weight is 284 g/mol. The minimum absolute atomic E-state index is 0.0340. The van der Waals surface area contributed by atoms with E-state index < -0.39 is 0 Å². The lowest BCUT2D eigenvalue weighted by molar-refractivity contribution is 0.0762. The van der Waals surface area contributed by atoms with Crippen molar-refractivity contribution in [1.29, 1.82) is 0 Å². The maximum absolute atomic E-state index is 12.4. The third kappa shape index (κ3) is 3.34. The Balaban J connectivity index is 2.12. The minimum Gasteiger partial charge on any atom is -0.337 e. The lowest BCUT2D eigenvalue weighted by atomic mass is 10.2. The lowest BCUT2D eigenvalue weighted by Crippen LogP contribution is -2.34. The van der Waals surface area contributed by atoms with Gasteiger partial charge in [0.1, 0.15) is 0 Å². The number of amides is 1. The summed E-state index contributed by atoms with van der Waals surface area (Å²) in [5.74, 6) is 5.59. The van der Waals surface area contributed by atoms with E-state index in [0.29, 0.717) is 16.4 Å². The van der Waals surface area contributed by atoms with Crippen molar-refractivity contribution in [2.24, 2.45) is 5.84 Å². The quantitative estimate of drug-likeness (QED) is 0.620. The highest BCUT2D eigenvalue weighted by Gasteiger charge is 2.19. The van der Waals surface area contributed by atoms with Crippen LogP contribution in [0.4, 0.5) is 5.82 Å². The SMILES string of the molecule is CN1CCCN(C(=O)c2cnc(NN)c(Cl)c2)CC1. The maximum Gasteiger partial charge on any atom is 0.255 e. The smallest absolute Gasteiger partial charge is 0.255 e. The summed E-state index contributed by atoms with van der Waals surface area (Å²) in [6, 6.07) is 1.60. The van der Waals surface area contributed by atoms with Crippen molar-refractivity contribution in [2.75, 3.05) is 38.7 Å². The fourth-order valence-corrected chi connectivity index (χ4v) is 2.31. The molecule has 2 rings (SSSR count). The van der Waals surface area contributed by atoms with Crippen molar-refractivity contribution < 1.29 is 4.79 Å². The van der Waals surface area contributed by atoms with Crippen LogP contribution >= 0.6 is 11.6 Å². The topological polar surface area (TPSA) is 74.5 Å². The summed E-state index contributed by atoms with van der Waals surface area (Å²) in [6.45, 7) is 3.38. The molecule has 1 fully saturated rings. The Hall–Kier alpha value is -1.37. The maximum atomic E-state index is 12.4. The first kappa shape index (κ1) is 14.0. The van der Waals surface area contributed by atoms with Gasteiger partial charge in [0.05, 0.1) is 10.6 Å². The molecular weight excluding hydrogens is 266 g/mol. The molecule has 0 aliphatic carbocycles. The minimum atomic E-state index is -0.0340. The van der Waals surface area contributed by atoms with Gasteiger partial charge in [-0.25, -0.2) is 10.8 Å². The molecule has 0 atom stereocenters. The number of hydrazine groups is 1. The van der Waals surface area contributed by atoms with Crippen LogP contribution in [0, 0.1) is 0 Å². The second-order valence-corrected chi connectivity index (χ2v) is 5.05. The molecule has 0 saturated carbocycles. The van der Waals surface area contributed by atoms with Crippen molar-refractivity contribution in [3.05, 3.63) is 22.8 Å². The van der Waals surface area contributed by atoms with Crippen LogP contribution in [0.1, 0.15) is 16.8 Å². The van der Waals surface area contributed by atoms with Gasteiger partial charge < -0.3 is 15.2 Å². The molecule has 0 unspecified atom stereocenters. The number of rotatable bonds is 2. The third-order valence-electron chi connectivity index (χ3n) is 3.23. The number of nitrogens with one attached hydrogen (secondary N) is 1. The Morgan fingerprint density at radius 3 is 2.89 bits per heavy atom. The van der Waals surface area contributed by atoms with E-state index in [4.69, 9.17) is 17.4 Å². The number of halogens is 1. The third-order valence-corrected chi connectivity index (χ3v) is 3.52. The van der Waals surface area contributed by atoms with Gasteiger partial charge in [-0.1, -0.05) is 11.6 Å². The van der Waals surface area contributed by atoms with Crippen molar-refractivity contribution in [1.82, 2.24) is 14.8 Å². The van der Waals surface area contributed by atoms with Gasteiger partial charge in [0.15, 0.2) is 5.82 Å². The van der Waals surface area contributed by atoms with Crippen LogP contribution in [-0.2, 0) is 0 Å². The number of carbonyl (C=O) groups excluding carboxylic acids is 1. The summed E-state index contributed by atoms with van der Waals surface area (Å²) >= 11 is 5.98. The van der Waals surface area contributed by atoms with Gasteiger partial charge in [0.25, 0.3) is 5.91 Å². The number of hydrogen-bond donors (Lipinski definition) is 2. The normalized spacial score (nSPS) is 17.1. The van der Waals surface area contributed by atoms with Crippen molar-refractivity contribution >= 4 is 23.3 Å². The summed E-state index contributed by atoms with van der Waals surface area (Å²) in [5.41, 5.74) is 2.88. The molecule has 2 heterocycles. The Bertz CT molecular complexity index is 467. The standard InChI is InChI=1S/C12H18ClN5O/c1-17-3-2-4-18(6-5-17)12(19)9-7-10(13)11(16-14)15-8-9/h7-8H,2-6,14H2,1H3,(H,15,16). The highest BCUT2D eigenvalue weighted by atomic mass is 35.5. The van der Waals surface area contributed by atoms with Crippen LogP contribution in [-0.4, -0.2) is 53.9 Å². The van der Waals surface area contributed by atoms with E-state index in [2.05, 4.69) is 22.4 Å². The second kappa shape index (κ2) is 6.18. The molecule has 19 heavy (non-hydrogen) atoms. The van der Waals surface area contributed by atoms with E-state index in [1.54, 1.807) is 6.07 Å². The molecule has 7 heteroatoms. The molecule has 0 radical (unpaired) electrons. The van der Waals surface area contributed by atoms with Gasteiger partial charge in [-0.05, 0) is 26.1 Å². The molecule has 1 aromatic heterocycles. The van der Waals surface area contributed by atoms with E-state index in [0.717, 1.165) is 32.6 Å². The molecule has 0 aromatic carbocycles. The molecule has 1 aliphatic rings. The van der Waals surface area contributed by atoms with Crippen molar-refractivity contribution in [2.45, 2.75) is 6.42 Å². The highest BCUT2D eigenvalue weighted by molar-refractivity contribution is 6.33. The van der Waals surface area contributed by atoms with Crippen LogP contribution in [0.2, 0.25) is 5.02 Å². The first-order valence-corrected chi connectivity index (χ1v) is 6.59. The number of anilines is 1. The predicted octanol–water partition coefficient (Wildman–Crippen LogP) is 0.798. The molecular formula is C12H18ClN5O. The van der Waals surface area contributed by atoms with Gasteiger partial charge in [-0.3, -0.25) is 4.79 Å². The van der Waals surface area contributed by atoms with E-state index in [-0.39, 0.29) is 5.91 Å². The van der Waals surface area contributed by atoms with E-state index in [1.807, 2.05) is 4.90 Å². The number of nitrogen functional groups attached to an aromatic ring is 1. The average Bonchev–Trinajstić information content (AvgIpc) is 2.62. The number of carbonyl (C=O) groups is 1. The molecule has 1 aromatic rings. The highest BCUT2D eigenvalue weighted by Crippen LogP contribution is 2.20. The number of pyridine rings is 1. The Labute approximate surface area is 117 Å². The summed E-state index contributed by atoms with van der Waals surface area (Å²) < 4.78 is 0. The molecule has 104 valence electrons. The van der Waals surface area contributed by atoms with Crippen LogP contribution < -0.4 is 11.3 Å². The number of nitrogens with zero attached hydrogens (tertiary/aromatic N) is 3. The Morgan fingerprint density at radius 2 is 2.21 bits per heavy atom. The number of likely N-dealkylation sites (N-methyl/N-ethyl adjacent to an activating group) is 1. The van der Waals surface area contributed by atoms with Gasteiger partial charge >= 0.3 is 0 Å². The first-order valence-electron chi connectivity index (χ1n) is 6.22. The van der Waals surface area contributed by atoms with Crippen LogP contribution in [0.5, 0.6) is 0 Å². The van der Waals surface area contributed by atoms with Gasteiger partial charge in [0, 0.05) is 25.8 Å². The monoisotopic (exact) mass is 283 g/mol. The van der Waals surface area contributed by atoms with Crippen molar-refractivity contribution in [3.8, 4) is 0 Å². The Kier molecular flexibility index (Phi) is 4.57. The zero-order valence-corrected chi connectivity index (χ0v) is 11.7. The van der Waals surface area contributed by atoms with Crippen molar-refractivity contribution in [3.63, 3.8) is 0 Å². The molecule has 3 N–H and O–H groups in total. The Morgan fingerprint density at radius 1 is 1.42 bits per heavy atom. The lowest BCUT2D eigenvalue weighted by Gasteiger charge is -2.20. The molecule has 1 saturated heterocycles. The fraction of sp³-hybridized carbons (Fsp3) is 0.500. The van der Waals surface area contributed by atoms with Crippen LogP contribution in [0.25, 0.3) is 0 Å². The van der Waals surface area contributed by atoms with E-state index >= 15 is 0 Å². The molecule has 1 aliphatic heterocycles. The molecule has 6 nitrogen and oxygen atoms in total. The number of aromatic nitrogens is 1. The summed E-state index contributed by atoms with van der Waals surface area (Å²) in [7, 11) is 2.06. The van der Waals surface area contributed by atoms with Crippen LogP contribution in [0.15, 0.2) is 12.3 Å². The largest absolute Gasteiger partial charge is 0.337 e. The number of nitrogens with two attached hydrogens (primary N) is 1. The predicted molar refractivity (Wildman–Crippen MR) is 75.1 cm³/mol. The first-order chi connectivity index (χ1) is 9.11. The summed E-state index contributed by atoms with van der Waals surface area (Å²) in [5, 5.41) is 0.347. The van der Waals surface area contributed by atoms with Gasteiger partial charge in [0.2, 0.25) is 0 Å². The fourth-order valence-electron chi connectivity index (χ4n) is 2.09. The molecule has 1 amide bonds. The van der Waals surface area contributed by atoms with Gasteiger partial charge in [-0.2, -0.15) is 0 Å². The second-order valence-electron chi connectivity index (χ2n) is 4.65. The molecule has 0 spiro atoms. The number of hydrogen-bond acceptors (Lipinski definition) is 5. The van der Waals surface area contributed by atoms with E-state index in [1.165, 1.54) is 6.20 Å². The van der Waals surface area contributed by atoms with E-state index in [9.17, 15) is 4.79 Å². The summed E-state index contributed by atoms with van der Waals surface area (Å²) in [4.78, 5) is 20.5.